The number of hydrogen-bond donors (Lipinski definition) is 2. The minimum atomic E-state index is -0.304. The number of nitrogens with one attached hydrogen (secondary N) is 1. The quantitative estimate of drug-likeness (QED) is 0.854. The van der Waals surface area contributed by atoms with Crippen LogP contribution in [0.15, 0.2) is 54.6 Å². The van der Waals surface area contributed by atoms with Crippen molar-refractivity contribution in [3.8, 4) is 5.75 Å². The van der Waals surface area contributed by atoms with Crippen molar-refractivity contribution >= 4 is 5.91 Å². The summed E-state index contributed by atoms with van der Waals surface area (Å²) in [5.74, 6) is 0.502. The smallest absolute Gasteiger partial charge is 0.251 e. The summed E-state index contributed by atoms with van der Waals surface area (Å²) in [7, 11) is 1.58. The molecule has 4 heteroatoms. The summed E-state index contributed by atoms with van der Waals surface area (Å²) in [4.78, 5) is 12.1. The predicted octanol–water partition coefficient (Wildman–Crippen LogP) is 2.03. The molecular formula is C17H19NO3. The molecule has 110 valence electrons. The van der Waals surface area contributed by atoms with Crippen molar-refractivity contribution in [1.82, 2.24) is 5.32 Å². The minimum Gasteiger partial charge on any atom is -0.497 e. The first kappa shape index (κ1) is 15.1. The first-order valence-electron chi connectivity index (χ1n) is 6.82. The summed E-state index contributed by atoms with van der Waals surface area (Å²) in [6, 6.07) is 16.3. The Bertz CT molecular complexity index is 566. The molecule has 0 aliphatic rings. The Hall–Kier alpha value is -2.33. The monoisotopic (exact) mass is 285 g/mol. The molecule has 0 radical (unpaired) electrons. The number of carbonyl (C=O) groups excluding carboxylic acids is 1. The molecule has 0 heterocycles. The summed E-state index contributed by atoms with van der Waals surface area (Å²) in [5, 5.41) is 12.3. The second kappa shape index (κ2) is 7.45. The zero-order valence-electron chi connectivity index (χ0n) is 12.0. The molecule has 0 saturated heterocycles. The Morgan fingerprint density at radius 3 is 2.38 bits per heavy atom. The van der Waals surface area contributed by atoms with Gasteiger partial charge in [-0.3, -0.25) is 4.79 Å². The molecule has 1 atom stereocenters. The van der Waals surface area contributed by atoms with Gasteiger partial charge in [0.2, 0.25) is 0 Å². The van der Waals surface area contributed by atoms with E-state index in [1.165, 1.54) is 0 Å². The van der Waals surface area contributed by atoms with Gasteiger partial charge in [0.1, 0.15) is 5.75 Å². The number of hydrogen-bond acceptors (Lipinski definition) is 3. The van der Waals surface area contributed by atoms with E-state index in [1.54, 1.807) is 31.4 Å². The van der Waals surface area contributed by atoms with Crippen LogP contribution in [0.25, 0.3) is 0 Å². The molecule has 0 bridgehead atoms. The molecule has 4 nitrogen and oxygen atoms in total. The van der Waals surface area contributed by atoms with Crippen LogP contribution in [-0.4, -0.2) is 30.8 Å². The molecule has 2 N–H and O–H groups in total. The fourth-order valence-corrected chi connectivity index (χ4v) is 2.07. The standard InChI is InChI=1S/C17H19NO3/c1-21-16-9-7-14(8-10-16)17(20)18-15(12-19)11-13-5-3-2-4-6-13/h2-10,15,19H,11-12H2,1H3,(H,18,20)/t15-/m0/s1. The molecule has 21 heavy (non-hydrogen) atoms. The number of methoxy groups -OCH3 is 1. The second-order valence-electron chi connectivity index (χ2n) is 4.77. The van der Waals surface area contributed by atoms with Crippen LogP contribution in [0.2, 0.25) is 0 Å². The summed E-state index contributed by atoms with van der Waals surface area (Å²) in [6.45, 7) is -0.100. The lowest BCUT2D eigenvalue weighted by atomic mass is 10.1. The van der Waals surface area contributed by atoms with E-state index in [-0.39, 0.29) is 18.6 Å². The van der Waals surface area contributed by atoms with E-state index in [0.29, 0.717) is 17.7 Å². The second-order valence-corrected chi connectivity index (χ2v) is 4.77. The van der Waals surface area contributed by atoms with E-state index in [2.05, 4.69) is 5.32 Å². The third-order valence-corrected chi connectivity index (χ3v) is 3.23. The maximum atomic E-state index is 12.1. The van der Waals surface area contributed by atoms with Crippen LogP contribution in [0.5, 0.6) is 5.75 Å². The molecular weight excluding hydrogens is 266 g/mol. The van der Waals surface area contributed by atoms with Crippen molar-refractivity contribution in [2.24, 2.45) is 0 Å². The summed E-state index contributed by atoms with van der Waals surface area (Å²) >= 11 is 0. The van der Waals surface area contributed by atoms with Gasteiger partial charge in [-0.05, 0) is 36.2 Å². The first-order chi connectivity index (χ1) is 10.2. The lowest BCUT2D eigenvalue weighted by molar-refractivity contribution is 0.0916. The molecule has 0 aliphatic carbocycles. The Morgan fingerprint density at radius 1 is 1.14 bits per heavy atom. The highest BCUT2D eigenvalue weighted by Crippen LogP contribution is 2.11. The van der Waals surface area contributed by atoms with Gasteiger partial charge in [-0.1, -0.05) is 30.3 Å². The molecule has 2 aromatic rings. The van der Waals surface area contributed by atoms with Crippen LogP contribution in [0, 0.1) is 0 Å². The van der Waals surface area contributed by atoms with Crippen LogP contribution < -0.4 is 10.1 Å². The molecule has 0 unspecified atom stereocenters. The van der Waals surface area contributed by atoms with E-state index in [1.807, 2.05) is 30.3 Å². The molecule has 2 rings (SSSR count). The highest BCUT2D eigenvalue weighted by Gasteiger charge is 2.13. The van der Waals surface area contributed by atoms with E-state index < -0.39 is 0 Å². The van der Waals surface area contributed by atoms with Gasteiger partial charge in [0.25, 0.3) is 5.91 Å². The largest absolute Gasteiger partial charge is 0.497 e. The third kappa shape index (κ3) is 4.33. The third-order valence-electron chi connectivity index (χ3n) is 3.23. The molecule has 2 aromatic carbocycles. The van der Waals surface area contributed by atoms with E-state index in [0.717, 1.165) is 5.56 Å². The summed E-state index contributed by atoms with van der Waals surface area (Å²) in [5.41, 5.74) is 1.62. The van der Waals surface area contributed by atoms with Crippen LogP contribution in [0.3, 0.4) is 0 Å². The van der Waals surface area contributed by atoms with Crippen molar-refractivity contribution in [3.05, 3.63) is 65.7 Å². The highest BCUT2D eigenvalue weighted by atomic mass is 16.5. The molecule has 0 aliphatic heterocycles. The number of aliphatic hydroxyl groups excluding tert-OH is 1. The van der Waals surface area contributed by atoms with Gasteiger partial charge in [0.05, 0.1) is 19.8 Å². The Balaban J connectivity index is 1.98. The summed E-state index contributed by atoms with van der Waals surface area (Å²) < 4.78 is 5.06. The normalized spacial score (nSPS) is 11.7. The molecule has 0 spiro atoms. The fraction of sp³-hybridized carbons (Fsp3) is 0.235. The number of amides is 1. The summed E-state index contributed by atoms with van der Waals surface area (Å²) in [6.07, 6.45) is 0.596. The first-order valence-corrected chi connectivity index (χ1v) is 6.82. The maximum absolute atomic E-state index is 12.1. The zero-order valence-corrected chi connectivity index (χ0v) is 12.0. The van der Waals surface area contributed by atoms with Crippen molar-refractivity contribution in [3.63, 3.8) is 0 Å². The lowest BCUT2D eigenvalue weighted by Gasteiger charge is -2.16. The topological polar surface area (TPSA) is 58.6 Å². The van der Waals surface area contributed by atoms with Gasteiger partial charge in [0, 0.05) is 5.56 Å². The molecule has 0 saturated carbocycles. The Labute approximate surface area is 124 Å². The van der Waals surface area contributed by atoms with Crippen molar-refractivity contribution < 1.29 is 14.6 Å². The number of rotatable bonds is 6. The van der Waals surface area contributed by atoms with Crippen LogP contribution in [0.4, 0.5) is 0 Å². The van der Waals surface area contributed by atoms with Gasteiger partial charge >= 0.3 is 0 Å². The highest BCUT2D eigenvalue weighted by molar-refractivity contribution is 5.94. The Morgan fingerprint density at radius 2 is 1.81 bits per heavy atom. The van der Waals surface area contributed by atoms with Crippen LogP contribution in [0.1, 0.15) is 15.9 Å². The minimum absolute atomic E-state index is 0.100. The van der Waals surface area contributed by atoms with Gasteiger partial charge in [-0.2, -0.15) is 0 Å². The maximum Gasteiger partial charge on any atom is 0.251 e. The average molecular weight is 285 g/mol. The van der Waals surface area contributed by atoms with Gasteiger partial charge < -0.3 is 15.2 Å². The van der Waals surface area contributed by atoms with E-state index in [9.17, 15) is 9.90 Å². The zero-order chi connectivity index (χ0) is 15.1. The van der Waals surface area contributed by atoms with Crippen LogP contribution >= 0.6 is 0 Å². The lowest BCUT2D eigenvalue weighted by Crippen LogP contribution is -2.39. The molecule has 0 fully saturated rings. The van der Waals surface area contributed by atoms with E-state index >= 15 is 0 Å². The number of aliphatic hydroxyl groups is 1. The molecule has 0 aromatic heterocycles. The van der Waals surface area contributed by atoms with Gasteiger partial charge in [-0.15, -0.1) is 0 Å². The number of carbonyl (C=O) groups is 1. The molecule has 1 amide bonds. The van der Waals surface area contributed by atoms with Gasteiger partial charge in [-0.25, -0.2) is 0 Å². The van der Waals surface area contributed by atoms with Crippen molar-refractivity contribution in [2.75, 3.05) is 13.7 Å². The van der Waals surface area contributed by atoms with Gasteiger partial charge in [0.15, 0.2) is 0 Å². The Kier molecular flexibility index (Phi) is 5.35. The number of ether oxygens (including phenoxy) is 1. The van der Waals surface area contributed by atoms with E-state index in [4.69, 9.17) is 4.74 Å². The predicted molar refractivity (Wildman–Crippen MR) is 81.5 cm³/mol. The SMILES string of the molecule is COc1ccc(C(=O)N[C@H](CO)Cc2ccccc2)cc1. The van der Waals surface area contributed by atoms with Crippen molar-refractivity contribution in [1.29, 1.82) is 0 Å². The van der Waals surface area contributed by atoms with Crippen LogP contribution in [-0.2, 0) is 6.42 Å². The van der Waals surface area contributed by atoms with Crippen molar-refractivity contribution in [2.45, 2.75) is 12.5 Å². The number of benzene rings is 2. The fourth-order valence-electron chi connectivity index (χ4n) is 2.07. The average Bonchev–Trinajstić information content (AvgIpc) is 2.55.